The third-order valence-corrected chi connectivity index (χ3v) is 4.47. The van der Waals surface area contributed by atoms with Crippen molar-refractivity contribution in [3.8, 4) is 0 Å². The summed E-state index contributed by atoms with van der Waals surface area (Å²) in [6.45, 7) is 0. The van der Waals surface area contributed by atoms with Crippen molar-refractivity contribution >= 4 is 31.7 Å². The Labute approximate surface area is 105 Å². The van der Waals surface area contributed by atoms with Crippen LogP contribution in [0.3, 0.4) is 0 Å². The first-order valence-electron chi connectivity index (χ1n) is 5.45. The minimum absolute atomic E-state index is 0.127. The Kier molecular flexibility index (Phi) is 5.24. The molecular weight excluding hydrogens is 294 g/mol. The summed E-state index contributed by atoms with van der Waals surface area (Å²) in [5.74, 6) is -0.351. The van der Waals surface area contributed by atoms with E-state index in [0.29, 0.717) is 5.92 Å². The number of sulfone groups is 1. The van der Waals surface area contributed by atoms with Crippen molar-refractivity contribution in [1.29, 1.82) is 0 Å². The zero-order chi connectivity index (χ0) is 12.2. The first kappa shape index (κ1) is 14.0. The van der Waals surface area contributed by atoms with E-state index >= 15 is 0 Å². The number of hydrogen-bond donors (Lipinski definition) is 1. The van der Waals surface area contributed by atoms with Crippen LogP contribution in [0.5, 0.6) is 0 Å². The minimum Gasteiger partial charge on any atom is -0.352 e. The number of halogens is 1. The van der Waals surface area contributed by atoms with Crippen molar-refractivity contribution in [3.63, 3.8) is 0 Å². The standard InChI is InChI=1S/C10H18BrNO3S/c1-16(14,15)7-10(13)12-9-5-3-2-4-8(9)6-11/h8-9H,2-7H2,1H3,(H,12,13). The fourth-order valence-corrected chi connectivity index (χ4v) is 3.40. The summed E-state index contributed by atoms with van der Waals surface area (Å²) in [5, 5.41) is 3.69. The van der Waals surface area contributed by atoms with E-state index in [2.05, 4.69) is 21.2 Å². The van der Waals surface area contributed by atoms with E-state index in [0.717, 1.165) is 30.8 Å². The average molecular weight is 312 g/mol. The summed E-state index contributed by atoms with van der Waals surface area (Å²) >= 11 is 3.43. The van der Waals surface area contributed by atoms with Gasteiger partial charge in [0, 0.05) is 17.6 Å². The van der Waals surface area contributed by atoms with Crippen LogP contribution in [-0.2, 0) is 14.6 Å². The van der Waals surface area contributed by atoms with Gasteiger partial charge in [-0.05, 0) is 18.8 Å². The van der Waals surface area contributed by atoms with Crippen LogP contribution in [0.2, 0.25) is 0 Å². The van der Waals surface area contributed by atoms with Crippen molar-refractivity contribution in [1.82, 2.24) is 5.32 Å². The second-order valence-electron chi connectivity index (χ2n) is 4.44. The summed E-state index contributed by atoms with van der Waals surface area (Å²) < 4.78 is 21.9. The van der Waals surface area contributed by atoms with Gasteiger partial charge in [-0.15, -0.1) is 0 Å². The molecule has 4 nitrogen and oxygen atoms in total. The summed E-state index contributed by atoms with van der Waals surface area (Å²) in [4.78, 5) is 11.5. The topological polar surface area (TPSA) is 63.2 Å². The number of nitrogens with one attached hydrogen (secondary N) is 1. The Balaban J connectivity index is 2.48. The second kappa shape index (κ2) is 6.00. The molecule has 94 valence electrons. The molecule has 0 aromatic carbocycles. The summed E-state index contributed by atoms with van der Waals surface area (Å²) in [5.41, 5.74) is 0. The molecule has 1 saturated carbocycles. The van der Waals surface area contributed by atoms with Crippen LogP contribution in [0, 0.1) is 5.92 Å². The predicted octanol–water partition coefficient (Wildman–Crippen LogP) is 1.10. The maximum absolute atomic E-state index is 11.5. The molecule has 6 heteroatoms. The van der Waals surface area contributed by atoms with Gasteiger partial charge in [0.05, 0.1) is 0 Å². The Morgan fingerprint density at radius 3 is 2.56 bits per heavy atom. The molecule has 0 spiro atoms. The lowest BCUT2D eigenvalue weighted by Crippen LogP contribution is -2.44. The van der Waals surface area contributed by atoms with Crippen molar-refractivity contribution in [3.05, 3.63) is 0 Å². The zero-order valence-corrected chi connectivity index (χ0v) is 11.8. The van der Waals surface area contributed by atoms with E-state index in [4.69, 9.17) is 0 Å². The van der Waals surface area contributed by atoms with Gasteiger partial charge < -0.3 is 5.32 Å². The van der Waals surface area contributed by atoms with Gasteiger partial charge in [0.1, 0.15) is 5.75 Å². The molecule has 0 aromatic heterocycles. The molecule has 2 unspecified atom stereocenters. The molecule has 0 bridgehead atoms. The van der Waals surface area contributed by atoms with E-state index in [1.807, 2.05) is 0 Å². The Morgan fingerprint density at radius 2 is 2.00 bits per heavy atom. The van der Waals surface area contributed by atoms with Crippen molar-refractivity contribution in [2.45, 2.75) is 31.7 Å². The zero-order valence-electron chi connectivity index (χ0n) is 9.41. The first-order chi connectivity index (χ1) is 7.42. The van der Waals surface area contributed by atoms with Gasteiger partial charge in [-0.2, -0.15) is 0 Å². The number of rotatable bonds is 4. The molecule has 0 saturated heterocycles. The molecule has 0 heterocycles. The summed E-state index contributed by atoms with van der Waals surface area (Å²) in [6.07, 6.45) is 5.41. The second-order valence-corrected chi connectivity index (χ2v) is 7.23. The summed E-state index contributed by atoms with van der Waals surface area (Å²) in [6, 6.07) is 0.127. The smallest absolute Gasteiger partial charge is 0.235 e. The Bertz CT molecular complexity index is 342. The quantitative estimate of drug-likeness (QED) is 0.791. The van der Waals surface area contributed by atoms with Crippen LogP contribution in [0.25, 0.3) is 0 Å². The van der Waals surface area contributed by atoms with Gasteiger partial charge >= 0.3 is 0 Å². The molecule has 0 radical (unpaired) electrons. The average Bonchev–Trinajstić information content (AvgIpc) is 2.15. The fourth-order valence-electron chi connectivity index (χ4n) is 2.07. The van der Waals surface area contributed by atoms with E-state index in [9.17, 15) is 13.2 Å². The van der Waals surface area contributed by atoms with E-state index in [-0.39, 0.29) is 11.9 Å². The molecule has 0 aliphatic heterocycles. The van der Waals surface area contributed by atoms with E-state index in [1.54, 1.807) is 0 Å². The minimum atomic E-state index is -3.22. The Morgan fingerprint density at radius 1 is 1.38 bits per heavy atom. The molecule has 1 aliphatic rings. The van der Waals surface area contributed by atoms with Crippen LogP contribution in [0.1, 0.15) is 25.7 Å². The Hall–Kier alpha value is -0.100. The molecule has 0 aromatic rings. The number of amides is 1. The van der Waals surface area contributed by atoms with Crippen LogP contribution in [0.4, 0.5) is 0 Å². The maximum Gasteiger partial charge on any atom is 0.235 e. The number of alkyl halides is 1. The highest BCUT2D eigenvalue weighted by molar-refractivity contribution is 9.09. The highest BCUT2D eigenvalue weighted by atomic mass is 79.9. The number of hydrogen-bond acceptors (Lipinski definition) is 3. The molecule has 1 rings (SSSR count). The van der Waals surface area contributed by atoms with Gasteiger partial charge in [-0.25, -0.2) is 8.42 Å². The SMILES string of the molecule is CS(=O)(=O)CC(=O)NC1CCCCC1CBr. The van der Waals surface area contributed by atoms with Gasteiger partial charge in [-0.1, -0.05) is 28.8 Å². The largest absolute Gasteiger partial charge is 0.352 e. The van der Waals surface area contributed by atoms with Crippen molar-refractivity contribution < 1.29 is 13.2 Å². The van der Waals surface area contributed by atoms with Gasteiger partial charge in [-0.3, -0.25) is 4.79 Å². The molecular formula is C10H18BrNO3S. The lowest BCUT2D eigenvalue weighted by molar-refractivity contribution is -0.119. The lowest BCUT2D eigenvalue weighted by atomic mass is 9.86. The molecule has 1 amide bonds. The first-order valence-corrected chi connectivity index (χ1v) is 8.63. The van der Waals surface area contributed by atoms with Gasteiger partial charge in [0.15, 0.2) is 9.84 Å². The van der Waals surface area contributed by atoms with E-state index < -0.39 is 15.6 Å². The number of carbonyl (C=O) groups excluding carboxylic acids is 1. The molecule has 1 N–H and O–H groups in total. The van der Waals surface area contributed by atoms with Crippen LogP contribution < -0.4 is 5.32 Å². The molecule has 2 atom stereocenters. The summed E-state index contributed by atoms with van der Waals surface area (Å²) in [7, 11) is -3.22. The lowest BCUT2D eigenvalue weighted by Gasteiger charge is -2.30. The van der Waals surface area contributed by atoms with Gasteiger partial charge in [0.2, 0.25) is 5.91 Å². The van der Waals surface area contributed by atoms with Crippen LogP contribution >= 0.6 is 15.9 Å². The molecule has 1 fully saturated rings. The van der Waals surface area contributed by atoms with Gasteiger partial charge in [0.25, 0.3) is 0 Å². The fraction of sp³-hybridized carbons (Fsp3) is 0.900. The predicted molar refractivity (Wildman–Crippen MR) is 67.4 cm³/mol. The third-order valence-electron chi connectivity index (χ3n) is 2.85. The van der Waals surface area contributed by atoms with Crippen molar-refractivity contribution in [2.75, 3.05) is 17.3 Å². The number of carbonyl (C=O) groups is 1. The highest BCUT2D eigenvalue weighted by Crippen LogP contribution is 2.25. The van der Waals surface area contributed by atoms with Crippen LogP contribution in [-0.4, -0.2) is 37.7 Å². The molecule has 16 heavy (non-hydrogen) atoms. The monoisotopic (exact) mass is 311 g/mol. The third kappa shape index (κ3) is 4.82. The maximum atomic E-state index is 11.5. The molecule has 1 aliphatic carbocycles. The highest BCUT2D eigenvalue weighted by Gasteiger charge is 2.26. The van der Waals surface area contributed by atoms with Crippen molar-refractivity contribution in [2.24, 2.45) is 5.92 Å². The normalized spacial score (nSPS) is 26.4. The van der Waals surface area contributed by atoms with E-state index in [1.165, 1.54) is 6.42 Å². The van der Waals surface area contributed by atoms with Crippen LogP contribution in [0.15, 0.2) is 0 Å².